The maximum absolute atomic E-state index is 11.7. The third-order valence-electron chi connectivity index (χ3n) is 2.40. The van der Waals surface area contributed by atoms with Gasteiger partial charge in [0.1, 0.15) is 0 Å². The third kappa shape index (κ3) is 3.98. The maximum atomic E-state index is 11.7. The van der Waals surface area contributed by atoms with E-state index in [9.17, 15) is 4.79 Å². The Bertz CT molecular complexity index is 567. The van der Waals surface area contributed by atoms with Crippen molar-refractivity contribution in [1.29, 1.82) is 0 Å². The summed E-state index contributed by atoms with van der Waals surface area (Å²) in [6.07, 6.45) is 5.30. The third-order valence-corrected chi connectivity index (χ3v) is 2.95. The predicted octanol–water partition coefficient (Wildman–Crippen LogP) is 1.47. The highest BCUT2D eigenvalue weighted by atomic mass is 32.2. The van der Waals surface area contributed by atoms with Crippen molar-refractivity contribution in [3.05, 3.63) is 24.1 Å². The lowest BCUT2D eigenvalue weighted by Crippen LogP contribution is -2.28. The Labute approximate surface area is 120 Å². The van der Waals surface area contributed by atoms with Crippen LogP contribution in [-0.4, -0.2) is 32.2 Å². The van der Waals surface area contributed by atoms with Crippen molar-refractivity contribution < 1.29 is 9.32 Å². The van der Waals surface area contributed by atoms with Crippen LogP contribution in [-0.2, 0) is 18.8 Å². The van der Waals surface area contributed by atoms with Gasteiger partial charge >= 0.3 is 6.03 Å². The molecular weight excluding hydrogens is 280 g/mol. The van der Waals surface area contributed by atoms with Crippen molar-refractivity contribution >= 4 is 23.5 Å². The number of aryl methyl sites for hydroxylation is 1. The number of carbonyl (C=O) groups is 1. The van der Waals surface area contributed by atoms with Crippen molar-refractivity contribution in [3.8, 4) is 0 Å². The van der Waals surface area contributed by atoms with E-state index >= 15 is 0 Å². The van der Waals surface area contributed by atoms with E-state index in [0.717, 1.165) is 6.54 Å². The molecule has 2 aromatic rings. The van der Waals surface area contributed by atoms with Gasteiger partial charge in [0.15, 0.2) is 5.82 Å². The molecule has 2 N–H and O–H groups in total. The first-order valence-corrected chi connectivity index (χ1v) is 7.48. The second-order valence-corrected chi connectivity index (χ2v) is 4.80. The smallest absolute Gasteiger partial charge is 0.319 e. The molecule has 0 aromatic carbocycles. The molecule has 0 radical (unpaired) electrons. The number of amides is 2. The maximum Gasteiger partial charge on any atom is 0.319 e. The van der Waals surface area contributed by atoms with Gasteiger partial charge in [-0.1, -0.05) is 5.16 Å². The van der Waals surface area contributed by atoms with Crippen molar-refractivity contribution in [1.82, 2.24) is 25.2 Å². The Kier molecular flexibility index (Phi) is 4.99. The second kappa shape index (κ2) is 6.94. The first-order chi connectivity index (χ1) is 9.71. The number of hydrogen-bond acceptors (Lipinski definition) is 6. The van der Waals surface area contributed by atoms with E-state index in [4.69, 9.17) is 4.52 Å². The quantitative estimate of drug-likeness (QED) is 0.837. The van der Waals surface area contributed by atoms with E-state index in [1.54, 1.807) is 28.8 Å². The van der Waals surface area contributed by atoms with E-state index in [1.165, 1.54) is 0 Å². The SMILES string of the molecule is CCn1cc(NC(=O)NCc2nc(CSC)no2)cn1. The van der Waals surface area contributed by atoms with E-state index in [-0.39, 0.29) is 12.6 Å². The number of urea groups is 1. The van der Waals surface area contributed by atoms with Crippen LogP contribution < -0.4 is 10.6 Å². The van der Waals surface area contributed by atoms with Gasteiger partial charge in [-0.15, -0.1) is 0 Å². The molecule has 0 aliphatic rings. The molecule has 0 unspecified atom stereocenters. The Morgan fingerprint density at radius 2 is 2.40 bits per heavy atom. The number of nitrogens with one attached hydrogen (secondary N) is 2. The van der Waals surface area contributed by atoms with Crippen LogP contribution >= 0.6 is 11.8 Å². The van der Waals surface area contributed by atoms with E-state index in [0.29, 0.717) is 23.2 Å². The fourth-order valence-corrected chi connectivity index (χ4v) is 1.86. The Morgan fingerprint density at radius 1 is 1.55 bits per heavy atom. The molecule has 0 saturated heterocycles. The summed E-state index contributed by atoms with van der Waals surface area (Å²) < 4.78 is 6.73. The zero-order valence-corrected chi connectivity index (χ0v) is 12.1. The summed E-state index contributed by atoms with van der Waals surface area (Å²) in [6, 6.07) is -0.342. The summed E-state index contributed by atoms with van der Waals surface area (Å²) in [5.41, 5.74) is 0.637. The molecule has 2 aromatic heterocycles. The summed E-state index contributed by atoms with van der Waals surface area (Å²) >= 11 is 1.60. The molecule has 108 valence electrons. The predicted molar refractivity (Wildman–Crippen MR) is 75.3 cm³/mol. The Morgan fingerprint density at radius 3 is 3.10 bits per heavy atom. The summed E-state index contributed by atoms with van der Waals surface area (Å²) in [5, 5.41) is 13.2. The lowest BCUT2D eigenvalue weighted by atomic mass is 10.5. The number of aromatic nitrogens is 4. The largest absolute Gasteiger partial charge is 0.337 e. The van der Waals surface area contributed by atoms with Gasteiger partial charge < -0.3 is 15.2 Å². The lowest BCUT2D eigenvalue weighted by molar-refractivity contribution is 0.249. The molecule has 20 heavy (non-hydrogen) atoms. The van der Waals surface area contributed by atoms with Gasteiger partial charge in [0.05, 0.1) is 24.2 Å². The summed E-state index contributed by atoms with van der Waals surface area (Å²) in [5.74, 6) is 1.69. The topological polar surface area (TPSA) is 97.9 Å². The molecule has 2 rings (SSSR count). The lowest BCUT2D eigenvalue weighted by Gasteiger charge is -2.02. The van der Waals surface area contributed by atoms with Gasteiger partial charge in [-0.3, -0.25) is 4.68 Å². The zero-order chi connectivity index (χ0) is 14.4. The number of carbonyl (C=O) groups excluding carboxylic acids is 1. The number of nitrogens with zero attached hydrogens (tertiary/aromatic N) is 4. The molecule has 0 bridgehead atoms. The van der Waals surface area contributed by atoms with E-state index in [1.807, 2.05) is 13.2 Å². The van der Waals surface area contributed by atoms with Crippen molar-refractivity contribution in [2.45, 2.75) is 25.8 Å². The van der Waals surface area contributed by atoms with Crippen LogP contribution in [0.4, 0.5) is 10.5 Å². The molecule has 0 fully saturated rings. The van der Waals surface area contributed by atoms with Crippen LogP contribution in [0.2, 0.25) is 0 Å². The molecule has 2 amide bonds. The highest BCUT2D eigenvalue weighted by molar-refractivity contribution is 7.97. The second-order valence-electron chi connectivity index (χ2n) is 3.93. The number of rotatable bonds is 6. The van der Waals surface area contributed by atoms with E-state index in [2.05, 4.69) is 25.9 Å². The van der Waals surface area contributed by atoms with Crippen LogP contribution in [0.25, 0.3) is 0 Å². The Hall–Kier alpha value is -2.03. The molecule has 0 aliphatic carbocycles. The van der Waals surface area contributed by atoms with Crippen molar-refractivity contribution in [3.63, 3.8) is 0 Å². The zero-order valence-electron chi connectivity index (χ0n) is 11.3. The summed E-state index contributed by atoms with van der Waals surface area (Å²) in [6.45, 7) is 2.91. The van der Waals surface area contributed by atoms with Gasteiger partial charge in [-0.05, 0) is 13.2 Å². The monoisotopic (exact) mass is 296 g/mol. The standard InChI is InChI=1S/C11H16N6O2S/c1-3-17-6-8(4-13-17)14-11(18)12-5-10-15-9(7-20-2)16-19-10/h4,6H,3,5,7H2,1-2H3,(H2,12,14,18). The molecule has 0 aliphatic heterocycles. The number of thioether (sulfide) groups is 1. The molecule has 8 nitrogen and oxygen atoms in total. The van der Waals surface area contributed by atoms with Crippen LogP contribution in [0.3, 0.4) is 0 Å². The Balaban J connectivity index is 1.79. The average molecular weight is 296 g/mol. The average Bonchev–Trinajstić information content (AvgIpc) is 3.06. The van der Waals surface area contributed by atoms with Crippen LogP contribution in [0.5, 0.6) is 0 Å². The van der Waals surface area contributed by atoms with E-state index < -0.39 is 0 Å². The molecule has 2 heterocycles. The van der Waals surface area contributed by atoms with Crippen molar-refractivity contribution in [2.75, 3.05) is 11.6 Å². The van der Waals surface area contributed by atoms with Crippen LogP contribution in [0.1, 0.15) is 18.6 Å². The van der Waals surface area contributed by atoms with Gasteiger partial charge in [0, 0.05) is 12.7 Å². The fraction of sp³-hybridized carbons (Fsp3) is 0.455. The minimum atomic E-state index is -0.342. The van der Waals surface area contributed by atoms with Gasteiger partial charge in [0.2, 0.25) is 5.89 Å². The summed E-state index contributed by atoms with van der Waals surface area (Å²) in [4.78, 5) is 15.8. The first-order valence-electron chi connectivity index (χ1n) is 6.09. The normalized spacial score (nSPS) is 10.5. The number of anilines is 1. The van der Waals surface area contributed by atoms with Crippen LogP contribution in [0, 0.1) is 0 Å². The highest BCUT2D eigenvalue weighted by Crippen LogP contribution is 2.06. The molecule has 0 spiro atoms. The molecule has 9 heteroatoms. The fourth-order valence-electron chi connectivity index (χ4n) is 1.48. The molecule has 0 saturated carbocycles. The van der Waals surface area contributed by atoms with Crippen molar-refractivity contribution in [2.24, 2.45) is 0 Å². The molecular formula is C11H16N6O2S. The van der Waals surface area contributed by atoms with Crippen LogP contribution in [0.15, 0.2) is 16.9 Å². The van der Waals surface area contributed by atoms with Gasteiger partial charge in [0.25, 0.3) is 0 Å². The number of hydrogen-bond donors (Lipinski definition) is 2. The highest BCUT2D eigenvalue weighted by Gasteiger charge is 2.08. The minimum Gasteiger partial charge on any atom is -0.337 e. The first kappa shape index (κ1) is 14.4. The minimum absolute atomic E-state index is 0.190. The van der Waals surface area contributed by atoms with Gasteiger partial charge in [-0.25, -0.2) is 4.79 Å². The van der Waals surface area contributed by atoms with Gasteiger partial charge in [-0.2, -0.15) is 21.8 Å². The molecule has 0 atom stereocenters. The summed E-state index contributed by atoms with van der Waals surface area (Å²) in [7, 11) is 0.